The van der Waals surface area contributed by atoms with Crippen molar-refractivity contribution in [3.8, 4) is 146 Å². The van der Waals surface area contributed by atoms with E-state index in [-0.39, 0.29) is 0 Å². The number of hydrogen-bond acceptors (Lipinski definition) is 10. The second kappa shape index (κ2) is 29.0. The van der Waals surface area contributed by atoms with Crippen molar-refractivity contribution >= 4 is 141 Å². The fraction of sp³-hybridized carbons (Fsp3) is 0. The topological polar surface area (TPSA) is 129 Å². The van der Waals surface area contributed by atoms with Gasteiger partial charge in [0.05, 0.1) is 39.0 Å². The van der Waals surface area contributed by atoms with Crippen molar-refractivity contribution in [2.45, 2.75) is 0 Å². The molecule has 3 aliphatic rings. The van der Waals surface area contributed by atoms with Gasteiger partial charge >= 0.3 is 0 Å². The van der Waals surface area contributed by atoms with Gasteiger partial charge in [0, 0.05) is 68.4 Å². The summed E-state index contributed by atoms with van der Waals surface area (Å²) in [4.78, 5) is 48.0. The van der Waals surface area contributed by atoms with E-state index >= 15 is 0 Å². The molecule has 0 aliphatic heterocycles. The standard InChI is InChI=1S/C45H27N.C39H21N5.C36H20N4/c1-2-9-30-23-33(16-15-28(30)7-1)31-10-5-11-32(24-31)36-26-35-25-34(18-22-43(35)46-27-36)37-20-21-41-40-19-17-29-8-3-4-12-38(29)44(40)42-14-6-13-39(37)45(41)42;1-3-10-26-24(8-1)25-9-2-4-11-27(25)35-31-18-17-29(28-12-5-13-30(33(28)31)34(26)35)38-41-21-42-39(44-38)32-19-16-23-15-14-22-7-6-20-40-36(22)37(23)43-32;1-2-7-24-21(5-1)12-14-26-27-15-16-28(25-8-3-9-29(32(24)26)33(25)27)36-38-20-18-31(40-36)30-17-13-23-11-10-22-6-4-19-37-34(22)35(23)39-30/h1-27H;1-21H;1-20H. The third-order valence-electron chi connectivity index (χ3n) is 26.9. The molecule has 0 fully saturated rings. The molecule has 10 nitrogen and oxygen atoms in total. The van der Waals surface area contributed by atoms with Gasteiger partial charge in [0.2, 0.25) is 0 Å². The number of pyridine rings is 5. The Morgan fingerprint density at radius 3 is 1.21 bits per heavy atom. The number of aromatic nitrogens is 10. The average molecular weight is 1650 g/mol. The van der Waals surface area contributed by atoms with Crippen molar-refractivity contribution in [1.29, 1.82) is 0 Å². The van der Waals surface area contributed by atoms with E-state index in [9.17, 15) is 0 Å². The zero-order valence-corrected chi connectivity index (χ0v) is 69.7. The molecule has 0 atom stereocenters. The van der Waals surface area contributed by atoms with E-state index in [4.69, 9.17) is 29.9 Å². The Labute approximate surface area is 744 Å². The highest BCUT2D eigenvalue weighted by molar-refractivity contribution is 6.32. The SMILES string of the molecule is c1cc(-c2ccc3ccccc3c2)cc(-c2cnc3ccc(-c4ccc5c6c(cccc46)-c4c-5ccc5ccccc45)cc3c2)c1.c1ccc2c3c(ccc2c1)-c1ccc(-c2nccc(-c4ccc5ccc6cccnc6c5n4)n2)c2cccc-3c12.c1cnc2c(c1)ccc1ccc(-c3ncnc(-c4ccc5c6c(cccc46)-c4c-5c5ccccc5c5ccccc45)n3)nc12. The van der Waals surface area contributed by atoms with Gasteiger partial charge in [-0.15, -0.1) is 0 Å². The van der Waals surface area contributed by atoms with Gasteiger partial charge in [0.25, 0.3) is 0 Å². The molecule has 7 heterocycles. The molecule has 19 aromatic carbocycles. The third kappa shape index (κ3) is 11.5. The number of hydrogen-bond donors (Lipinski definition) is 0. The highest BCUT2D eigenvalue weighted by Crippen LogP contribution is 2.57. The number of fused-ring (bicyclic) bond motifs is 26. The molecule has 0 saturated carbocycles. The lowest BCUT2D eigenvalue weighted by molar-refractivity contribution is 1.06. The minimum atomic E-state index is 0.536. The fourth-order valence-electron chi connectivity index (χ4n) is 21.0. The van der Waals surface area contributed by atoms with Crippen molar-refractivity contribution in [3.63, 3.8) is 0 Å². The largest absolute Gasteiger partial charge is 0.256 e. The first-order valence-electron chi connectivity index (χ1n) is 43.9. The lowest BCUT2D eigenvalue weighted by Crippen LogP contribution is -1.98. The van der Waals surface area contributed by atoms with Crippen molar-refractivity contribution in [3.05, 3.63) is 413 Å². The van der Waals surface area contributed by atoms with Crippen molar-refractivity contribution in [1.82, 2.24) is 49.8 Å². The van der Waals surface area contributed by atoms with Crippen LogP contribution in [0.3, 0.4) is 0 Å². The first-order chi connectivity index (χ1) is 64.4. The second-order valence-electron chi connectivity index (χ2n) is 33.9. The number of benzene rings is 19. The van der Waals surface area contributed by atoms with Crippen LogP contribution in [0.4, 0.5) is 0 Å². The lowest BCUT2D eigenvalue weighted by Gasteiger charge is -2.13. The Hall–Kier alpha value is -17.6. The molecule has 3 aliphatic carbocycles. The van der Waals surface area contributed by atoms with Crippen molar-refractivity contribution in [2.24, 2.45) is 0 Å². The van der Waals surface area contributed by atoms with E-state index < -0.39 is 0 Å². The monoisotopic (exact) mass is 1650 g/mol. The molecule has 29 rings (SSSR count). The molecule has 0 N–H and O–H groups in total. The highest BCUT2D eigenvalue weighted by atomic mass is 15.0. The normalized spacial score (nSPS) is 12.0. The zero-order chi connectivity index (χ0) is 85.2. The number of rotatable bonds is 7. The maximum atomic E-state index is 5.04. The summed E-state index contributed by atoms with van der Waals surface area (Å²) in [6.45, 7) is 0. The van der Waals surface area contributed by atoms with E-state index in [1.807, 2.05) is 48.9 Å². The summed E-state index contributed by atoms with van der Waals surface area (Å²) in [6, 6.07) is 137. The van der Waals surface area contributed by atoms with Crippen LogP contribution >= 0.6 is 0 Å². The Morgan fingerprint density at radius 1 is 0.162 bits per heavy atom. The van der Waals surface area contributed by atoms with Crippen LogP contribution in [0.5, 0.6) is 0 Å². The summed E-state index contributed by atoms with van der Waals surface area (Å²) in [5, 5.41) is 25.6. The molecular formula is C120H68N10. The van der Waals surface area contributed by atoms with E-state index in [1.165, 1.54) is 170 Å². The third-order valence-corrected chi connectivity index (χ3v) is 26.9. The van der Waals surface area contributed by atoms with E-state index in [0.29, 0.717) is 23.2 Å². The van der Waals surface area contributed by atoms with Crippen LogP contribution in [-0.2, 0) is 0 Å². The Balaban J connectivity index is 0.000000101. The Morgan fingerprint density at radius 2 is 0.569 bits per heavy atom. The van der Waals surface area contributed by atoms with Crippen molar-refractivity contribution in [2.75, 3.05) is 0 Å². The average Bonchev–Trinajstić information content (AvgIpc) is 1.44. The van der Waals surface area contributed by atoms with Crippen LogP contribution in [-0.4, -0.2) is 49.8 Å². The van der Waals surface area contributed by atoms with E-state index in [2.05, 4.69) is 372 Å². The van der Waals surface area contributed by atoms with Gasteiger partial charge in [-0.3, -0.25) is 15.0 Å². The predicted octanol–water partition coefficient (Wildman–Crippen LogP) is 30.6. The smallest absolute Gasteiger partial charge is 0.181 e. The molecular weight excluding hydrogens is 1580 g/mol. The van der Waals surface area contributed by atoms with Gasteiger partial charge in [-0.25, -0.2) is 34.9 Å². The first kappa shape index (κ1) is 72.8. The molecule has 0 bridgehead atoms. The summed E-state index contributed by atoms with van der Waals surface area (Å²) in [6.07, 6.45) is 9.04. The van der Waals surface area contributed by atoms with Gasteiger partial charge in [-0.1, -0.05) is 309 Å². The molecule has 0 amide bonds. The minimum Gasteiger partial charge on any atom is -0.256 e. The van der Waals surface area contributed by atoms with Crippen LogP contribution in [0.2, 0.25) is 0 Å². The van der Waals surface area contributed by atoms with Gasteiger partial charge < -0.3 is 0 Å². The van der Waals surface area contributed by atoms with E-state index in [0.717, 1.165) is 93.4 Å². The lowest BCUT2D eigenvalue weighted by atomic mass is 9.90. The first-order valence-corrected chi connectivity index (χ1v) is 43.9. The summed E-state index contributed by atoms with van der Waals surface area (Å²) in [5.74, 6) is 1.86. The summed E-state index contributed by atoms with van der Waals surface area (Å²) < 4.78 is 0. The summed E-state index contributed by atoms with van der Waals surface area (Å²) in [7, 11) is 0. The molecule has 0 spiro atoms. The Bertz CT molecular complexity index is 9360. The zero-order valence-electron chi connectivity index (χ0n) is 69.7. The van der Waals surface area contributed by atoms with Crippen LogP contribution in [0.25, 0.3) is 287 Å². The highest BCUT2D eigenvalue weighted by Gasteiger charge is 2.31. The molecule has 130 heavy (non-hydrogen) atoms. The Kier molecular flexibility index (Phi) is 16.2. The molecule has 26 aromatic rings. The summed E-state index contributed by atoms with van der Waals surface area (Å²) >= 11 is 0. The molecule has 10 heteroatoms. The fourth-order valence-corrected chi connectivity index (χ4v) is 21.0. The molecule has 0 saturated heterocycles. The van der Waals surface area contributed by atoms with Crippen LogP contribution in [0.1, 0.15) is 0 Å². The molecule has 598 valence electrons. The quantitative estimate of drug-likeness (QED) is 0.142. The van der Waals surface area contributed by atoms with Crippen LogP contribution in [0.15, 0.2) is 413 Å². The minimum absolute atomic E-state index is 0.536. The molecule has 7 aromatic heterocycles. The number of nitrogens with zero attached hydrogens (tertiary/aromatic N) is 10. The second-order valence-corrected chi connectivity index (χ2v) is 33.9. The summed E-state index contributed by atoms with van der Waals surface area (Å²) in [5.41, 5.74) is 31.5. The van der Waals surface area contributed by atoms with Crippen LogP contribution in [0, 0.1) is 0 Å². The maximum absolute atomic E-state index is 5.04. The van der Waals surface area contributed by atoms with Gasteiger partial charge in [-0.2, -0.15) is 0 Å². The maximum Gasteiger partial charge on any atom is 0.181 e. The van der Waals surface area contributed by atoms with Gasteiger partial charge in [0.15, 0.2) is 17.5 Å². The molecule has 0 radical (unpaired) electrons. The van der Waals surface area contributed by atoms with Gasteiger partial charge in [-0.05, 0) is 254 Å². The van der Waals surface area contributed by atoms with Crippen LogP contribution < -0.4 is 0 Å². The predicted molar refractivity (Wildman–Crippen MR) is 536 cm³/mol. The van der Waals surface area contributed by atoms with E-state index in [1.54, 1.807) is 12.5 Å². The van der Waals surface area contributed by atoms with Gasteiger partial charge in [0.1, 0.15) is 12.0 Å². The molecule has 0 unspecified atom stereocenters. The van der Waals surface area contributed by atoms with Crippen molar-refractivity contribution < 1.29 is 0 Å².